The number of unbranched alkanes of at least 4 members (excludes halogenated alkanes) is 1. The van der Waals surface area contributed by atoms with E-state index in [9.17, 15) is 18.0 Å². The minimum atomic E-state index is -5.00. The van der Waals surface area contributed by atoms with Gasteiger partial charge in [-0.2, -0.15) is 18.2 Å². The smallest absolute Gasteiger partial charge is 0.459 e. The minimum absolute atomic E-state index is 0.0985. The van der Waals surface area contributed by atoms with Crippen LogP contribution in [-0.2, 0) is 16.1 Å². The van der Waals surface area contributed by atoms with Crippen LogP contribution in [0.3, 0.4) is 0 Å². The molecule has 0 aliphatic heterocycles. The van der Waals surface area contributed by atoms with E-state index in [-0.39, 0.29) is 36.7 Å². The normalized spacial score (nSPS) is 17.4. The lowest BCUT2D eigenvalue weighted by Gasteiger charge is -2.27. The summed E-state index contributed by atoms with van der Waals surface area (Å²) >= 11 is 9.53. The van der Waals surface area contributed by atoms with Crippen molar-refractivity contribution in [1.29, 1.82) is 0 Å². The van der Waals surface area contributed by atoms with E-state index in [1.54, 1.807) is 22.7 Å². The number of carbonyl (C=O) groups excluding carboxylic acids is 1. The van der Waals surface area contributed by atoms with Crippen molar-refractivity contribution >= 4 is 56.3 Å². The molecule has 2 N–H and O–H groups in total. The van der Waals surface area contributed by atoms with Crippen molar-refractivity contribution in [3.8, 4) is 11.8 Å². The number of rotatable bonds is 8. The lowest BCUT2D eigenvalue weighted by molar-refractivity contribution is -0.199. The Morgan fingerprint density at radius 2 is 2.11 bits per heavy atom. The van der Waals surface area contributed by atoms with Crippen LogP contribution < -0.4 is 10.6 Å². The summed E-state index contributed by atoms with van der Waals surface area (Å²) in [7, 11) is 1.93. The van der Waals surface area contributed by atoms with E-state index in [0.29, 0.717) is 17.9 Å². The van der Waals surface area contributed by atoms with Gasteiger partial charge in [0.1, 0.15) is 11.3 Å². The molecule has 0 unspecified atom stereocenters. The number of likely N-dealkylation sites (N-methyl/N-ethyl adjacent to an activating group) is 1. The van der Waals surface area contributed by atoms with Crippen molar-refractivity contribution in [1.82, 2.24) is 15.3 Å². The molecule has 1 aliphatic carbocycles. The first-order chi connectivity index (χ1) is 17.8. The molecule has 0 bridgehead atoms. The fraction of sp³-hybridized carbons (Fsp3) is 0.400. The number of alkyl halides is 3. The number of hydrogen-bond acceptors (Lipinski definition) is 8. The maximum absolute atomic E-state index is 12.3. The van der Waals surface area contributed by atoms with E-state index in [2.05, 4.69) is 49.3 Å². The number of nitrogens with zero attached hydrogens (tertiary/aromatic N) is 2. The van der Waals surface area contributed by atoms with Gasteiger partial charge in [-0.3, -0.25) is 0 Å². The van der Waals surface area contributed by atoms with Crippen LogP contribution in [-0.4, -0.2) is 41.8 Å². The van der Waals surface area contributed by atoms with Gasteiger partial charge in [-0.05, 0) is 49.4 Å². The molecule has 3 heterocycles. The second-order valence-corrected chi connectivity index (χ2v) is 10.7. The highest BCUT2D eigenvalue weighted by atomic mass is 35.5. The molecule has 0 amide bonds. The lowest BCUT2D eigenvalue weighted by atomic mass is 9.86. The summed E-state index contributed by atoms with van der Waals surface area (Å²) in [6.07, 6.45) is 1.46. The van der Waals surface area contributed by atoms with Gasteiger partial charge in [0.25, 0.3) is 0 Å². The van der Waals surface area contributed by atoms with Crippen molar-refractivity contribution in [2.75, 3.05) is 19.0 Å². The first-order valence-corrected chi connectivity index (χ1v) is 13.7. The number of anilines is 1. The molecule has 0 radical (unpaired) electrons. The third-order valence-corrected chi connectivity index (χ3v) is 8.17. The number of allylic oxidation sites excluding steroid dienone is 1. The van der Waals surface area contributed by atoms with Crippen molar-refractivity contribution in [3.63, 3.8) is 0 Å². The van der Waals surface area contributed by atoms with Crippen LogP contribution in [0.5, 0.6) is 0 Å². The summed E-state index contributed by atoms with van der Waals surface area (Å²) < 4.78 is 42.0. The average molecular weight is 569 g/mol. The quantitative estimate of drug-likeness (QED) is 0.110. The summed E-state index contributed by atoms with van der Waals surface area (Å²) in [5, 5.41) is 8.87. The topological polar surface area (TPSA) is 76.1 Å². The highest BCUT2D eigenvalue weighted by Gasteiger charge is 2.40. The second-order valence-electron chi connectivity index (χ2n) is 8.28. The number of carbonyl (C=O) groups is 1. The van der Waals surface area contributed by atoms with Crippen LogP contribution in [0.2, 0.25) is 5.28 Å². The molecule has 2 atom stereocenters. The van der Waals surface area contributed by atoms with E-state index < -0.39 is 12.1 Å². The number of halogens is 4. The maximum atomic E-state index is 12.3. The predicted octanol–water partition coefficient (Wildman–Crippen LogP) is 6.28. The maximum Gasteiger partial charge on any atom is 0.490 e. The molecule has 0 fully saturated rings. The molecule has 0 saturated heterocycles. The molecule has 6 nitrogen and oxygen atoms in total. The summed E-state index contributed by atoms with van der Waals surface area (Å²) in [6, 6.07) is 4.23. The Kier molecular flexibility index (Phi) is 9.08. The molecule has 1 aliphatic rings. The largest absolute Gasteiger partial charge is 0.490 e. The van der Waals surface area contributed by atoms with Crippen LogP contribution >= 0.6 is 34.3 Å². The van der Waals surface area contributed by atoms with Gasteiger partial charge in [-0.25, -0.2) is 9.78 Å². The van der Waals surface area contributed by atoms with Crippen LogP contribution in [0.25, 0.3) is 10.2 Å². The van der Waals surface area contributed by atoms with Gasteiger partial charge in [-0.1, -0.05) is 30.1 Å². The number of nitrogens with one attached hydrogen (secondary N) is 2. The highest BCUT2D eigenvalue weighted by molar-refractivity contribution is 7.20. The number of aromatic nitrogens is 2. The molecule has 4 rings (SSSR count). The first kappa shape index (κ1) is 27.4. The third kappa shape index (κ3) is 6.82. The van der Waals surface area contributed by atoms with Crippen LogP contribution in [0.15, 0.2) is 29.7 Å². The summed E-state index contributed by atoms with van der Waals surface area (Å²) in [4.78, 5) is 22.0. The molecule has 3 aromatic heterocycles. The Hall–Kier alpha value is -2.65. The summed E-state index contributed by atoms with van der Waals surface area (Å²) in [5.74, 6) is 4.82. The van der Waals surface area contributed by atoms with Gasteiger partial charge < -0.3 is 15.4 Å². The Labute approximate surface area is 225 Å². The number of hydrogen-bond donors (Lipinski definition) is 2. The molecule has 3 aromatic rings. The van der Waals surface area contributed by atoms with Crippen molar-refractivity contribution in [2.45, 2.75) is 50.4 Å². The molecule has 0 aromatic carbocycles. The van der Waals surface area contributed by atoms with E-state index >= 15 is 0 Å². The Morgan fingerprint density at radius 3 is 2.84 bits per heavy atom. The van der Waals surface area contributed by atoms with Gasteiger partial charge >= 0.3 is 12.1 Å². The monoisotopic (exact) mass is 568 g/mol. The van der Waals surface area contributed by atoms with E-state index in [0.717, 1.165) is 32.9 Å². The molecule has 12 heteroatoms. The molecule has 0 spiro atoms. The van der Waals surface area contributed by atoms with E-state index in [1.165, 1.54) is 0 Å². The fourth-order valence-electron chi connectivity index (χ4n) is 4.03. The molecule has 196 valence electrons. The second kappa shape index (κ2) is 12.3. The molecular weight excluding hydrogens is 545 g/mol. The fourth-order valence-corrected chi connectivity index (χ4v) is 6.19. The number of fused-ring (bicyclic) bond motifs is 1. The minimum Gasteiger partial charge on any atom is -0.459 e. The van der Waals surface area contributed by atoms with Gasteiger partial charge in [0, 0.05) is 28.1 Å². The zero-order chi connectivity index (χ0) is 26.4. The summed E-state index contributed by atoms with van der Waals surface area (Å²) in [5.41, 5.74) is 1.39. The predicted molar refractivity (Wildman–Crippen MR) is 141 cm³/mol. The highest BCUT2D eigenvalue weighted by Crippen LogP contribution is 2.42. The SMILES string of the molecule is CN[C@H]1CC=CC[C@@H]1c1sc2c(NCc3cccs3)nc(Cl)nc2c1C#CCCCOC(=O)C(F)(F)F. The van der Waals surface area contributed by atoms with E-state index in [1.807, 2.05) is 24.6 Å². The van der Waals surface area contributed by atoms with Crippen molar-refractivity contribution in [3.05, 3.63) is 50.3 Å². The van der Waals surface area contributed by atoms with Crippen LogP contribution in [0.1, 0.15) is 46.9 Å². The first-order valence-electron chi connectivity index (χ1n) is 11.6. The third-order valence-electron chi connectivity index (χ3n) is 5.81. The number of esters is 1. The van der Waals surface area contributed by atoms with Gasteiger partial charge in [-0.15, -0.1) is 22.7 Å². The number of ether oxygens (including phenoxy) is 1. The van der Waals surface area contributed by atoms with Gasteiger partial charge in [0.05, 0.1) is 23.4 Å². The molecular formula is C25H24ClF3N4O2S2. The Bertz CT molecular complexity index is 1330. The Morgan fingerprint density at radius 1 is 1.30 bits per heavy atom. The van der Waals surface area contributed by atoms with E-state index in [4.69, 9.17) is 11.6 Å². The van der Waals surface area contributed by atoms with Gasteiger partial charge in [0.2, 0.25) is 5.28 Å². The average Bonchev–Trinajstić information content (AvgIpc) is 3.52. The zero-order valence-corrected chi connectivity index (χ0v) is 22.2. The van der Waals surface area contributed by atoms with Crippen LogP contribution in [0.4, 0.5) is 19.0 Å². The standard InChI is InChI=1S/C25H24ClF3N4O2S2/c1-30-18-11-5-4-9-16(18)20-17(10-3-2-6-12-35-23(34)25(27,28)29)19-21(37-20)22(33-24(26)32-19)31-14-15-8-7-13-36-15/h4-5,7-8,13,16,18,30H,2,6,9,11-12,14H2,1H3,(H,31,32,33)/t16-,18-/m0/s1. The molecule has 0 saturated carbocycles. The number of thiophene rings is 2. The lowest BCUT2D eigenvalue weighted by Crippen LogP contribution is -2.33. The van der Waals surface area contributed by atoms with Crippen molar-refractivity contribution < 1.29 is 22.7 Å². The Balaban J connectivity index is 1.63. The summed E-state index contributed by atoms with van der Waals surface area (Å²) in [6.45, 7) is 0.237. The van der Waals surface area contributed by atoms with Crippen LogP contribution in [0, 0.1) is 11.8 Å². The van der Waals surface area contributed by atoms with Crippen molar-refractivity contribution in [2.24, 2.45) is 0 Å². The zero-order valence-electron chi connectivity index (χ0n) is 19.8. The van der Waals surface area contributed by atoms with Gasteiger partial charge in [0.15, 0.2) is 0 Å². The molecule has 37 heavy (non-hydrogen) atoms.